The maximum atomic E-state index is 11.9. The van der Waals surface area contributed by atoms with Crippen molar-refractivity contribution in [1.82, 2.24) is 13.9 Å². The molecule has 0 bridgehead atoms. The summed E-state index contributed by atoms with van der Waals surface area (Å²) in [5.41, 5.74) is 0. The van der Waals surface area contributed by atoms with Gasteiger partial charge in [0, 0.05) is 32.2 Å². The molecule has 23 heavy (non-hydrogen) atoms. The van der Waals surface area contributed by atoms with Gasteiger partial charge in [-0.15, -0.1) is 0 Å². The van der Waals surface area contributed by atoms with Gasteiger partial charge in [-0.25, -0.2) is 26.4 Å². The molecule has 1 rings (SSSR count). The molecule has 1 saturated heterocycles. The van der Waals surface area contributed by atoms with Crippen molar-refractivity contribution in [3.8, 4) is 0 Å². The summed E-state index contributed by atoms with van der Waals surface area (Å²) in [4.78, 5) is 13.2. The minimum absolute atomic E-state index is 0.0179. The Kier molecular flexibility index (Phi) is 7.24. The molecule has 1 N–H and O–H groups in total. The molecule has 0 aromatic heterocycles. The molecule has 0 atom stereocenters. The highest BCUT2D eigenvalue weighted by Crippen LogP contribution is 2.19. The summed E-state index contributed by atoms with van der Waals surface area (Å²) < 4.78 is 54.6. The summed E-state index contributed by atoms with van der Waals surface area (Å²) in [7, 11) is -6.83. The molecule has 1 aliphatic heterocycles. The number of hydrogen-bond acceptors (Lipinski definition) is 6. The average molecular weight is 371 g/mol. The van der Waals surface area contributed by atoms with Crippen molar-refractivity contribution < 1.29 is 26.4 Å². The Morgan fingerprint density at radius 3 is 2.22 bits per heavy atom. The number of nitrogens with one attached hydrogen (secondary N) is 1. The average Bonchev–Trinajstić information content (AvgIpc) is 2.42. The molecule has 0 radical (unpaired) electrons. The van der Waals surface area contributed by atoms with E-state index in [2.05, 4.69) is 4.72 Å². The normalized spacial score (nSPS) is 17.5. The second-order valence-corrected chi connectivity index (χ2v) is 9.23. The Morgan fingerprint density at radius 2 is 1.78 bits per heavy atom. The Balaban J connectivity index is 2.63. The third-order valence-electron chi connectivity index (χ3n) is 3.52. The van der Waals surface area contributed by atoms with Crippen molar-refractivity contribution in [2.45, 2.75) is 25.8 Å². The first kappa shape index (κ1) is 20.1. The molecule has 9 nitrogen and oxygen atoms in total. The second-order valence-electron chi connectivity index (χ2n) is 5.46. The van der Waals surface area contributed by atoms with E-state index in [1.807, 2.05) is 0 Å². The highest BCUT2D eigenvalue weighted by atomic mass is 32.2. The van der Waals surface area contributed by atoms with Crippen LogP contribution in [0.5, 0.6) is 0 Å². The van der Waals surface area contributed by atoms with E-state index in [0.29, 0.717) is 32.5 Å². The lowest BCUT2D eigenvalue weighted by atomic mass is 10.1. The van der Waals surface area contributed by atoms with E-state index in [-0.39, 0.29) is 19.1 Å². The van der Waals surface area contributed by atoms with Crippen molar-refractivity contribution in [2.24, 2.45) is 0 Å². The van der Waals surface area contributed by atoms with Gasteiger partial charge in [0.15, 0.2) is 0 Å². The number of carbonyl (C=O) groups is 1. The van der Waals surface area contributed by atoms with Crippen LogP contribution in [0.4, 0.5) is 4.79 Å². The van der Waals surface area contributed by atoms with E-state index < -0.39 is 26.1 Å². The second kappa shape index (κ2) is 8.27. The van der Waals surface area contributed by atoms with Crippen LogP contribution in [0.15, 0.2) is 0 Å². The van der Waals surface area contributed by atoms with Crippen LogP contribution in [-0.4, -0.2) is 83.5 Å². The number of sulfonamides is 2. The van der Waals surface area contributed by atoms with E-state index in [1.54, 1.807) is 11.8 Å². The first-order valence-corrected chi connectivity index (χ1v) is 11.1. The van der Waals surface area contributed by atoms with Crippen LogP contribution >= 0.6 is 0 Å². The van der Waals surface area contributed by atoms with Gasteiger partial charge in [0.05, 0.1) is 19.1 Å². The van der Waals surface area contributed by atoms with Crippen LogP contribution < -0.4 is 4.72 Å². The number of rotatable bonds is 7. The standard InChI is InChI=1S/C12H25N3O6S2/c1-4-21-12(16)14-8-5-11(6-9-14)15(23(3,19)20)10-7-13-22(2,17)18/h11,13H,4-10H2,1-3H3. The molecule has 1 amide bonds. The van der Waals surface area contributed by atoms with Gasteiger partial charge in [-0.05, 0) is 19.8 Å². The van der Waals surface area contributed by atoms with E-state index in [9.17, 15) is 21.6 Å². The van der Waals surface area contributed by atoms with Crippen molar-refractivity contribution in [2.75, 3.05) is 45.3 Å². The first-order chi connectivity index (χ1) is 10.5. The molecule has 0 spiro atoms. The van der Waals surface area contributed by atoms with E-state index >= 15 is 0 Å². The van der Waals surface area contributed by atoms with Gasteiger partial charge in [-0.1, -0.05) is 0 Å². The highest BCUT2D eigenvalue weighted by molar-refractivity contribution is 7.88. The lowest BCUT2D eigenvalue weighted by Gasteiger charge is -2.36. The van der Waals surface area contributed by atoms with Crippen LogP contribution in [-0.2, 0) is 24.8 Å². The van der Waals surface area contributed by atoms with Crippen molar-refractivity contribution in [3.63, 3.8) is 0 Å². The molecule has 0 aromatic rings. The topological polar surface area (TPSA) is 113 Å². The Morgan fingerprint density at radius 1 is 1.22 bits per heavy atom. The van der Waals surface area contributed by atoms with Crippen LogP contribution in [0.1, 0.15) is 19.8 Å². The number of nitrogens with zero attached hydrogens (tertiary/aromatic N) is 2. The first-order valence-electron chi connectivity index (χ1n) is 7.37. The molecule has 0 unspecified atom stereocenters. The van der Waals surface area contributed by atoms with Gasteiger partial charge >= 0.3 is 6.09 Å². The molecule has 136 valence electrons. The maximum Gasteiger partial charge on any atom is 0.409 e. The summed E-state index contributed by atoms with van der Waals surface area (Å²) in [6, 6.07) is -0.253. The summed E-state index contributed by atoms with van der Waals surface area (Å²) in [5.74, 6) is 0. The summed E-state index contributed by atoms with van der Waals surface area (Å²) in [5, 5.41) is 0. The minimum Gasteiger partial charge on any atom is -0.450 e. The number of amides is 1. The Bertz CT molecular complexity index is 596. The Hall–Kier alpha value is -0.910. The van der Waals surface area contributed by atoms with Gasteiger partial charge in [0.25, 0.3) is 0 Å². The van der Waals surface area contributed by atoms with Gasteiger partial charge in [-0.2, -0.15) is 4.31 Å². The molecule has 0 aromatic carbocycles. The summed E-state index contributed by atoms with van der Waals surface area (Å²) in [6.45, 7) is 2.93. The Labute approximate surface area is 138 Å². The zero-order valence-electron chi connectivity index (χ0n) is 13.7. The molecule has 1 aliphatic rings. The van der Waals surface area contributed by atoms with Crippen molar-refractivity contribution in [3.05, 3.63) is 0 Å². The van der Waals surface area contributed by atoms with E-state index in [0.717, 1.165) is 12.5 Å². The maximum absolute atomic E-state index is 11.9. The van der Waals surface area contributed by atoms with Crippen LogP contribution in [0.3, 0.4) is 0 Å². The lowest BCUT2D eigenvalue weighted by Crippen LogP contribution is -2.50. The van der Waals surface area contributed by atoms with E-state index in [4.69, 9.17) is 4.74 Å². The third kappa shape index (κ3) is 7.02. The summed E-state index contributed by atoms with van der Waals surface area (Å²) in [6.07, 6.45) is 2.71. The van der Waals surface area contributed by atoms with Crippen LogP contribution in [0.2, 0.25) is 0 Å². The molecular weight excluding hydrogens is 346 g/mol. The highest BCUT2D eigenvalue weighted by Gasteiger charge is 2.31. The van der Waals surface area contributed by atoms with Gasteiger partial charge in [-0.3, -0.25) is 0 Å². The monoisotopic (exact) mass is 371 g/mol. The fourth-order valence-electron chi connectivity index (χ4n) is 2.51. The number of carbonyl (C=O) groups excluding carboxylic acids is 1. The van der Waals surface area contributed by atoms with Gasteiger partial charge in [0.2, 0.25) is 20.0 Å². The quantitative estimate of drug-likeness (QED) is 0.640. The largest absolute Gasteiger partial charge is 0.450 e. The lowest BCUT2D eigenvalue weighted by molar-refractivity contribution is 0.0887. The molecule has 1 fully saturated rings. The zero-order valence-corrected chi connectivity index (χ0v) is 15.3. The molecule has 0 saturated carbocycles. The zero-order chi connectivity index (χ0) is 17.7. The van der Waals surface area contributed by atoms with E-state index in [1.165, 1.54) is 4.31 Å². The molecular formula is C12H25N3O6S2. The van der Waals surface area contributed by atoms with Crippen molar-refractivity contribution in [1.29, 1.82) is 0 Å². The third-order valence-corrected chi connectivity index (χ3v) is 5.58. The molecule has 0 aliphatic carbocycles. The van der Waals surface area contributed by atoms with Crippen LogP contribution in [0, 0.1) is 0 Å². The number of hydrogen-bond donors (Lipinski definition) is 1. The van der Waals surface area contributed by atoms with Gasteiger partial charge in [0.1, 0.15) is 0 Å². The van der Waals surface area contributed by atoms with Crippen molar-refractivity contribution >= 4 is 26.1 Å². The van der Waals surface area contributed by atoms with Gasteiger partial charge < -0.3 is 9.64 Å². The summed E-state index contributed by atoms with van der Waals surface area (Å²) >= 11 is 0. The molecule has 11 heteroatoms. The smallest absolute Gasteiger partial charge is 0.409 e. The predicted molar refractivity (Wildman–Crippen MR) is 86.0 cm³/mol. The number of piperidine rings is 1. The predicted octanol–water partition coefficient (Wildman–Crippen LogP) is -0.582. The number of ether oxygens (including phenoxy) is 1. The fourth-order valence-corrected chi connectivity index (χ4v) is 4.15. The van der Waals surface area contributed by atoms with Crippen LogP contribution in [0.25, 0.3) is 0 Å². The number of likely N-dealkylation sites (tertiary alicyclic amines) is 1. The SMILES string of the molecule is CCOC(=O)N1CCC(N(CCNS(C)(=O)=O)S(C)(=O)=O)CC1. The molecule has 1 heterocycles. The fraction of sp³-hybridized carbons (Fsp3) is 0.917. The minimum atomic E-state index is -3.47.